The highest BCUT2D eigenvalue weighted by atomic mass is 35.5. The molecule has 1 atom stereocenters. The molecule has 1 aromatic rings. The summed E-state index contributed by atoms with van der Waals surface area (Å²) in [5.41, 5.74) is 0.628. The summed E-state index contributed by atoms with van der Waals surface area (Å²) in [6.45, 7) is 3.51. The maximum absolute atomic E-state index is 6.08. The van der Waals surface area contributed by atoms with Crippen molar-refractivity contribution in [3.8, 4) is 5.88 Å². The van der Waals surface area contributed by atoms with E-state index in [4.69, 9.17) is 20.9 Å². The van der Waals surface area contributed by atoms with Gasteiger partial charge in [0.1, 0.15) is 11.3 Å². The summed E-state index contributed by atoms with van der Waals surface area (Å²) in [5, 5.41) is 6.99. The number of alkyl halides is 1. The standard InChI is InChI=1S/C9H13ClN2O2/c1-2-5-13-9-7-6(14-12-9)3-4-11-8(7)10/h8,11H,2-5H2,1H3. The molecule has 4 nitrogen and oxygen atoms in total. The lowest BCUT2D eigenvalue weighted by molar-refractivity contribution is 0.275. The fourth-order valence-electron chi connectivity index (χ4n) is 1.46. The fourth-order valence-corrected chi connectivity index (χ4v) is 1.79. The van der Waals surface area contributed by atoms with Gasteiger partial charge in [-0.3, -0.25) is 5.32 Å². The second-order valence-electron chi connectivity index (χ2n) is 3.24. The molecule has 0 radical (unpaired) electrons. The summed E-state index contributed by atoms with van der Waals surface area (Å²) in [6.07, 6.45) is 1.77. The van der Waals surface area contributed by atoms with Gasteiger partial charge in [0.15, 0.2) is 0 Å². The number of rotatable bonds is 3. The Morgan fingerprint density at radius 1 is 1.71 bits per heavy atom. The van der Waals surface area contributed by atoms with Crippen LogP contribution in [-0.2, 0) is 6.42 Å². The quantitative estimate of drug-likeness (QED) is 0.619. The van der Waals surface area contributed by atoms with E-state index in [1.807, 2.05) is 6.92 Å². The van der Waals surface area contributed by atoms with Crippen molar-refractivity contribution < 1.29 is 9.26 Å². The molecule has 1 N–H and O–H groups in total. The minimum Gasteiger partial charge on any atom is -0.475 e. The molecule has 0 fully saturated rings. The zero-order valence-corrected chi connectivity index (χ0v) is 8.80. The Morgan fingerprint density at radius 3 is 3.36 bits per heavy atom. The molecule has 0 bridgehead atoms. The van der Waals surface area contributed by atoms with Gasteiger partial charge in [-0.1, -0.05) is 6.92 Å². The van der Waals surface area contributed by atoms with Gasteiger partial charge in [-0.05, 0) is 11.6 Å². The summed E-state index contributed by atoms with van der Waals surface area (Å²) >= 11 is 6.08. The summed E-state index contributed by atoms with van der Waals surface area (Å²) < 4.78 is 10.6. The second kappa shape index (κ2) is 4.19. The lowest BCUT2D eigenvalue weighted by Crippen LogP contribution is -2.25. The molecule has 5 heteroatoms. The van der Waals surface area contributed by atoms with Crippen molar-refractivity contribution in [2.75, 3.05) is 13.2 Å². The number of fused-ring (bicyclic) bond motifs is 1. The monoisotopic (exact) mass is 216 g/mol. The summed E-state index contributed by atoms with van der Waals surface area (Å²) in [7, 11) is 0. The Kier molecular flexibility index (Phi) is 2.93. The van der Waals surface area contributed by atoms with Crippen molar-refractivity contribution in [2.45, 2.75) is 25.3 Å². The highest BCUT2D eigenvalue weighted by Gasteiger charge is 2.27. The predicted octanol–water partition coefficient (Wildman–Crippen LogP) is 1.85. The average Bonchev–Trinajstić information content (AvgIpc) is 2.59. The molecule has 14 heavy (non-hydrogen) atoms. The van der Waals surface area contributed by atoms with Crippen LogP contribution >= 0.6 is 11.6 Å². The maximum Gasteiger partial charge on any atom is 0.260 e. The molecular formula is C9H13ClN2O2. The van der Waals surface area contributed by atoms with E-state index in [2.05, 4.69) is 10.5 Å². The van der Waals surface area contributed by atoms with Crippen LogP contribution in [0.5, 0.6) is 5.88 Å². The first-order valence-corrected chi connectivity index (χ1v) is 5.25. The van der Waals surface area contributed by atoms with Gasteiger partial charge in [-0.2, -0.15) is 0 Å². The fraction of sp³-hybridized carbons (Fsp3) is 0.667. The molecule has 0 aliphatic carbocycles. The van der Waals surface area contributed by atoms with Crippen molar-refractivity contribution in [1.82, 2.24) is 10.5 Å². The van der Waals surface area contributed by atoms with Crippen LogP contribution in [0.25, 0.3) is 0 Å². The third kappa shape index (κ3) is 1.72. The first-order chi connectivity index (χ1) is 6.83. The number of aromatic nitrogens is 1. The molecule has 1 aromatic heterocycles. The van der Waals surface area contributed by atoms with E-state index in [0.717, 1.165) is 30.7 Å². The van der Waals surface area contributed by atoms with Gasteiger partial charge in [0.25, 0.3) is 5.88 Å². The van der Waals surface area contributed by atoms with Gasteiger partial charge < -0.3 is 9.26 Å². The van der Waals surface area contributed by atoms with Crippen LogP contribution in [0, 0.1) is 0 Å². The molecule has 0 saturated heterocycles. The zero-order valence-electron chi connectivity index (χ0n) is 8.05. The third-order valence-corrected chi connectivity index (χ3v) is 2.51. The first-order valence-electron chi connectivity index (χ1n) is 4.81. The predicted molar refractivity (Wildman–Crippen MR) is 52.6 cm³/mol. The van der Waals surface area contributed by atoms with Crippen molar-refractivity contribution >= 4 is 11.6 Å². The first kappa shape index (κ1) is 9.80. The van der Waals surface area contributed by atoms with Gasteiger partial charge in [-0.25, -0.2) is 0 Å². The molecule has 0 saturated carbocycles. The van der Waals surface area contributed by atoms with Crippen LogP contribution in [0.1, 0.15) is 30.2 Å². The van der Waals surface area contributed by atoms with E-state index in [1.165, 1.54) is 0 Å². The number of hydrogen-bond donors (Lipinski definition) is 1. The van der Waals surface area contributed by atoms with Crippen LogP contribution in [0.4, 0.5) is 0 Å². The Balaban J connectivity index is 2.20. The van der Waals surface area contributed by atoms with Crippen LogP contribution in [0.15, 0.2) is 4.52 Å². The second-order valence-corrected chi connectivity index (χ2v) is 3.68. The average molecular weight is 217 g/mol. The highest BCUT2D eigenvalue weighted by molar-refractivity contribution is 6.20. The van der Waals surface area contributed by atoms with Crippen LogP contribution in [-0.4, -0.2) is 18.3 Å². The smallest absolute Gasteiger partial charge is 0.260 e. The number of nitrogens with zero attached hydrogens (tertiary/aromatic N) is 1. The lowest BCUT2D eigenvalue weighted by atomic mass is 10.1. The molecule has 1 aliphatic rings. The van der Waals surface area contributed by atoms with E-state index >= 15 is 0 Å². The number of nitrogens with one attached hydrogen (secondary N) is 1. The van der Waals surface area contributed by atoms with E-state index in [0.29, 0.717) is 12.5 Å². The molecule has 0 aromatic carbocycles. The molecule has 78 valence electrons. The van der Waals surface area contributed by atoms with E-state index in [1.54, 1.807) is 0 Å². The Bertz CT molecular complexity index is 314. The summed E-state index contributed by atoms with van der Waals surface area (Å²) in [5.74, 6) is 1.38. The van der Waals surface area contributed by atoms with Crippen LogP contribution in [0.2, 0.25) is 0 Å². The molecule has 2 heterocycles. The highest BCUT2D eigenvalue weighted by Crippen LogP contribution is 2.33. The molecule has 0 amide bonds. The largest absolute Gasteiger partial charge is 0.475 e. The van der Waals surface area contributed by atoms with Crippen LogP contribution < -0.4 is 10.1 Å². The number of hydrogen-bond acceptors (Lipinski definition) is 4. The zero-order chi connectivity index (χ0) is 9.97. The molecule has 2 rings (SSSR count). The van der Waals surface area contributed by atoms with Crippen molar-refractivity contribution in [2.24, 2.45) is 0 Å². The van der Waals surface area contributed by atoms with Crippen LogP contribution in [0.3, 0.4) is 0 Å². The van der Waals surface area contributed by atoms with Crippen molar-refractivity contribution in [1.29, 1.82) is 0 Å². The summed E-state index contributed by atoms with van der Waals surface area (Å²) in [4.78, 5) is 0. The van der Waals surface area contributed by atoms with E-state index in [-0.39, 0.29) is 5.50 Å². The minimum absolute atomic E-state index is 0.239. The Morgan fingerprint density at radius 2 is 2.57 bits per heavy atom. The Labute approximate surface area is 87.5 Å². The number of halogens is 1. The SMILES string of the molecule is CCCOc1noc2c1C(Cl)NCC2. The summed E-state index contributed by atoms with van der Waals surface area (Å²) in [6, 6.07) is 0. The molecule has 0 spiro atoms. The van der Waals surface area contributed by atoms with Gasteiger partial charge in [0.05, 0.1) is 12.2 Å². The topological polar surface area (TPSA) is 47.3 Å². The minimum atomic E-state index is -0.239. The Hall–Kier alpha value is -0.740. The lowest BCUT2D eigenvalue weighted by Gasteiger charge is -2.17. The van der Waals surface area contributed by atoms with Gasteiger partial charge in [0.2, 0.25) is 0 Å². The normalized spacial score (nSPS) is 20.6. The maximum atomic E-state index is 6.08. The van der Waals surface area contributed by atoms with Crippen molar-refractivity contribution in [3.63, 3.8) is 0 Å². The van der Waals surface area contributed by atoms with E-state index in [9.17, 15) is 0 Å². The van der Waals surface area contributed by atoms with E-state index < -0.39 is 0 Å². The third-order valence-electron chi connectivity index (χ3n) is 2.14. The van der Waals surface area contributed by atoms with Gasteiger partial charge in [-0.15, -0.1) is 11.6 Å². The molecular weight excluding hydrogens is 204 g/mol. The van der Waals surface area contributed by atoms with Gasteiger partial charge in [0, 0.05) is 13.0 Å². The van der Waals surface area contributed by atoms with Crippen molar-refractivity contribution in [3.05, 3.63) is 11.3 Å². The molecule has 1 unspecified atom stereocenters. The van der Waals surface area contributed by atoms with Gasteiger partial charge >= 0.3 is 0 Å². The number of ether oxygens (including phenoxy) is 1. The molecule has 1 aliphatic heterocycles.